The third kappa shape index (κ3) is 1.38. The Morgan fingerprint density at radius 2 is 2.27 bits per heavy atom. The summed E-state index contributed by atoms with van der Waals surface area (Å²) < 4.78 is 6.64. The first-order valence-electron chi connectivity index (χ1n) is 5.29. The molecule has 0 radical (unpaired) electrons. The van der Waals surface area contributed by atoms with Crippen LogP contribution in [0.5, 0.6) is 0 Å². The van der Waals surface area contributed by atoms with Crippen molar-refractivity contribution in [2.24, 2.45) is 0 Å². The Labute approximate surface area is 92.7 Å². The molecular weight excluding hydrogens is 208 g/mol. The molecule has 0 bridgehead atoms. The highest BCUT2D eigenvalue weighted by atomic mass is 32.1. The van der Waals surface area contributed by atoms with E-state index in [1.54, 1.807) is 0 Å². The maximum Gasteiger partial charge on any atom is 0.173 e. The summed E-state index contributed by atoms with van der Waals surface area (Å²) in [5, 5.41) is 2.03. The summed E-state index contributed by atoms with van der Waals surface area (Å²) in [6, 6.07) is 0.598. The Balaban J connectivity index is 2.02. The van der Waals surface area contributed by atoms with Gasteiger partial charge in [0, 0.05) is 24.5 Å². The number of nitrogens with zero attached hydrogens (tertiary/aromatic N) is 4. The molecule has 15 heavy (non-hydrogen) atoms. The van der Waals surface area contributed by atoms with Crippen molar-refractivity contribution in [3.8, 4) is 0 Å². The number of hydrogen-bond donors (Lipinski definition) is 0. The summed E-state index contributed by atoms with van der Waals surface area (Å²) in [6.07, 6.45) is 0. The molecule has 4 nitrogen and oxygen atoms in total. The van der Waals surface area contributed by atoms with Gasteiger partial charge in [0.05, 0.1) is 6.54 Å². The van der Waals surface area contributed by atoms with E-state index in [0.29, 0.717) is 6.04 Å². The van der Waals surface area contributed by atoms with Crippen LogP contribution in [0.2, 0.25) is 0 Å². The van der Waals surface area contributed by atoms with Gasteiger partial charge in [0.25, 0.3) is 0 Å². The van der Waals surface area contributed by atoms with Crippen molar-refractivity contribution in [3.63, 3.8) is 0 Å². The molecular formula is C10H14N4S. The Hall–Kier alpha value is -0.940. The van der Waals surface area contributed by atoms with E-state index in [2.05, 4.69) is 32.7 Å². The standard InChI is InChI=1S/C10H14N4S/c1-7(2)13-3-4-14-9(5-13)11-8-6-15-12-10(8)14/h6-7H,3-5H2,1-2H3. The number of rotatable bonds is 1. The van der Waals surface area contributed by atoms with Gasteiger partial charge in [0.2, 0.25) is 0 Å². The van der Waals surface area contributed by atoms with Crippen molar-refractivity contribution in [2.75, 3.05) is 6.54 Å². The van der Waals surface area contributed by atoms with E-state index in [1.165, 1.54) is 17.4 Å². The zero-order valence-corrected chi connectivity index (χ0v) is 9.79. The van der Waals surface area contributed by atoms with Crippen LogP contribution in [0.3, 0.4) is 0 Å². The lowest BCUT2D eigenvalue weighted by atomic mass is 10.2. The first kappa shape index (κ1) is 9.30. The normalized spacial score (nSPS) is 17.5. The van der Waals surface area contributed by atoms with Gasteiger partial charge in [-0.05, 0) is 25.4 Å². The minimum atomic E-state index is 0.598. The number of hydrogen-bond acceptors (Lipinski definition) is 4. The van der Waals surface area contributed by atoms with Crippen molar-refractivity contribution in [1.82, 2.24) is 18.8 Å². The molecule has 5 heteroatoms. The van der Waals surface area contributed by atoms with E-state index < -0.39 is 0 Å². The molecule has 0 spiro atoms. The maximum atomic E-state index is 4.62. The summed E-state index contributed by atoms with van der Waals surface area (Å²) in [5.41, 5.74) is 2.12. The summed E-state index contributed by atoms with van der Waals surface area (Å²) in [6.45, 7) is 7.55. The van der Waals surface area contributed by atoms with Gasteiger partial charge in [-0.25, -0.2) is 4.98 Å². The average Bonchev–Trinajstić information content (AvgIpc) is 2.75. The predicted molar refractivity (Wildman–Crippen MR) is 61.0 cm³/mol. The molecule has 0 aliphatic carbocycles. The van der Waals surface area contributed by atoms with E-state index in [4.69, 9.17) is 0 Å². The van der Waals surface area contributed by atoms with Gasteiger partial charge in [-0.2, -0.15) is 4.37 Å². The van der Waals surface area contributed by atoms with Crippen LogP contribution in [0.15, 0.2) is 5.38 Å². The van der Waals surface area contributed by atoms with E-state index >= 15 is 0 Å². The van der Waals surface area contributed by atoms with Gasteiger partial charge in [-0.15, -0.1) is 0 Å². The first-order chi connectivity index (χ1) is 7.25. The molecule has 3 heterocycles. The van der Waals surface area contributed by atoms with Gasteiger partial charge >= 0.3 is 0 Å². The molecule has 2 aromatic heterocycles. The first-order valence-corrected chi connectivity index (χ1v) is 6.13. The van der Waals surface area contributed by atoms with Crippen LogP contribution in [0.4, 0.5) is 0 Å². The zero-order chi connectivity index (χ0) is 10.4. The topological polar surface area (TPSA) is 34.0 Å². The molecule has 80 valence electrons. The lowest BCUT2D eigenvalue weighted by molar-refractivity contribution is 0.175. The van der Waals surface area contributed by atoms with E-state index in [9.17, 15) is 0 Å². The summed E-state index contributed by atoms with van der Waals surface area (Å²) in [7, 11) is 0. The lowest BCUT2D eigenvalue weighted by Crippen LogP contribution is -2.38. The van der Waals surface area contributed by atoms with Crippen LogP contribution in [-0.4, -0.2) is 31.4 Å². The molecule has 0 unspecified atom stereocenters. The average molecular weight is 222 g/mol. The number of aromatic nitrogens is 3. The molecule has 0 N–H and O–H groups in total. The molecule has 0 saturated carbocycles. The lowest BCUT2D eigenvalue weighted by Gasteiger charge is -2.30. The molecule has 0 fully saturated rings. The third-order valence-corrected chi connectivity index (χ3v) is 3.64. The second-order valence-corrected chi connectivity index (χ2v) is 4.90. The van der Waals surface area contributed by atoms with Crippen molar-refractivity contribution in [1.29, 1.82) is 0 Å². The Morgan fingerprint density at radius 3 is 3.07 bits per heavy atom. The van der Waals surface area contributed by atoms with Gasteiger partial charge in [0.15, 0.2) is 5.65 Å². The Kier molecular flexibility index (Phi) is 2.03. The van der Waals surface area contributed by atoms with Crippen molar-refractivity contribution >= 4 is 22.7 Å². The summed E-state index contributed by atoms with van der Waals surface area (Å²) in [4.78, 5) is 7.06. The quantitative estimate of drug-likeness (QED) is 0.736. The van der Waals surface area contributed by atoms with Crippen molar-refractivity contribution < 1.29 is 0 Å². The fourth-order valence-corrected chi connectivity index (χ4v) is 2.70. The van der Waals surface area contributed by atoms with Gasteiger partial charge in [-0.1, -0.05) is 0 Å². The fraction of sp³-hybridized carbons (Fsp3) is 0.600. The van der Waals surface area contributed by atoms with Crippen molar-refractivity contribution in [3.05, 3.63) is 11.2 Å². The van der Waals surface area contributed by atoms with E-state index in [-0.39, 0.29) is 0 Å². The summed E-state index contributed by atoms with van der Waals surface area (Å²) >= 11 is 1.49. The van der Waals surface area contributed by atoms with E-state index in [0.717, 1.165) is 30.8 Å². The highest BCUT2D eigenvalue weighted by Crippen LogP contribution is 2.21. The van der Waals surface area contributed by atoms with Gasteiger partial charge in [0.1, 0.15) is 11.3 Å². The number of fused-ring (bicyclic) bond motifs is 3. The molecule has 0 atom stereocenters. The van der Waals surface area contributed by atoms with Crippen molar-refractivity contribution in [2.45, 2.75) is 33.0 Å². The predicted octanol–water partition coefficient (Wildman–Crippen LogP) is 1.72. The van der Waals surface area contributed by atoms with Crippen LogP contribution < -0.4 is 0 Å². The van der Waals surface area contributed by atoms with Crippen LogP contribution in [0, 0.1) is 0 Å². The zero-order valence-electron chi connectivity index (χ0n) is 8.97. The molecule has 0 amide bonds. The molecule has 0 aromatic carbocycles. The van der Waals surface area contributed by atoms with Gasteiger partial charge in [-0.3, -0.25) is 4.90 Å². The monoisotopic (exact) mass is 222 g/mol. The minimum absolute atomic E-state index is 0.598. The van der Waals surface area contributed by atoms with Gasteiger partial charge < -0.3 is 4.57 Å². The molecule has 1 aliphatic heterocycles. The highest BCUT2D eigenvalue weighted by Gasteiger charge is 2.22. The molecule has 0 saturated heterocycles. The Morgan fingerprint density at radius 1 is 1.40 bits per heavy atom. The number of imidazole rings is 1. The van der Waals surface area contributed by atoms with E-state index in [1.807, 2.05) is 5.38 Å². The fourth-order valence-electron chi connectivity index (χ4n) is 2.10. The van der Waals surface area contributed by atoms with Crippen LogP contribution >= 0.6 is 11.5 Å². The second kappa shape index (κ2) is 3.28. The van der Waals surface area contributed by atoms with Crippen LogP contribution in [-0.2, 0) is 13.1 Å². The largest absolute Gasteiger partial charge is 0.309 e. The maximum absolute atomic E-state index is 4.62. The molecule has 3 rings (SSSR count). The van der Waals surface area contributed by atoms with Crippen LogP contribution in [0.1, 0.15) is 19.7 Å². The third-order valence-electron chi connectivity index (χ3n) is 3.03. The van der Waals surface area contributed by atoms with Crippen LogP contribution in [0.25, 0.3) is 11.2 Å². The molecule has 1 aliphatic rings. The summed E-state index contributed by atoms with van der Waals surface area (Å²) in [5.74, 6) is 1.17. The highest BCUT2D eigenvalue weighted by molar-refractivity contribution is 7.04. The minimum Gasteiger partial charge on any atom is -0.309 e. The second-order valence-electron chi connectivity index (χ2n) is 4.27. The Bertz CT molecular complexity index is 485. The smallest absolute Gasteiger partial charge is 0.173 e. The SMILES string of the molecule is CC(C)N1CCn2c(nc3csnc32)C1. The molecule has 2 aromatic rings.